The summed E-state index contributed by atoms with van der Waals surface area (Å²) in [7, 11) is 4.31. The summed E-state index contributed by atoms with van der Waals surface area (Å²) in [6.45, 7) is 27.1. The number of likely N-dealkylation sites (N-methyl/N-ethyl adjacent to an activating group) is 2. The zero-order valence-corrected chi connectivity index (χ0v) is 31.7. The number of hydrogen-bond acceptors (Lipinski definition) is 4. The normalized spacial score (nSPS) is 23.7. The van der Waals surface area contributed by atoms with Crippen molar-refractivity contribution in [3.05, 3.63) is 101 Å². The smallest absolute Gasteiger partial charge is 0.0716 e. The molecule has 0 amide bonds. The van der Waals surface area contributed by atoms with E-state index in [1.807, 2.05) is 0 Å². The average molecular weight is 643 g/mol. The van der Waals surface area contributed by atoms with Crippen LogP contribution in [0.25, 0.3) is 21.5 Å². The van der Waals surface area contributed by atoms with Gasteiger partial charge in [-0.05, 0) is 183 Å². The van der Waals surface area contributed by atoms with Gasteiger partial charge in [-0.15, -0.1) is 0 Å². The SMILES string of the molecule is Cc1c(C)c(C)c2c3c(c(C)c(C)c2c1C)N(C)C(=CC1C(O)C(C=C2Cc4c(c(C)c(C)c5c(C)c(C)c(C)c(C)c45)N2C)C1O)C3. The molecule has 4 heteroatoms. The van der Waals surface area contributed by atoms with Gasteiger partial charge >= 0.3 is 0 Å². The number of allylic oxidation sites excluding steroid dienone is 2. The van der Waals surface area contributed by atoms with Gasteiger partial charge in [-0.1, -0.05) is 12.2 Å². The number of benzene rings is 4. The molecule has 252 valence electrons. The lowest BCUT2D eigenvalue weighted by molar-refractivity contribution is -0.110. The van der Waals surface area contributed by atoms with Crippen LogP contribution in [-0.2, 0) is 12.8 Å². The zero-order valence-electron chi connectivity index (χ0n) is 31.7. The van der Waals surface area contributed by atoms with Gasteiger partial charge in [-0.2, -0.15) is 0 Å². The maximum absolute atomic E-state index is 11.6. The zero-order chi connectivity index (χ0) is 35.0. The van der Waals surface area contributed by atoms with E-state index < -0.39 is 12.2 Å². The summed E-state index contributed by atoms with van der Waals surface area (Å²) in [4.78, 5) is 4.63. The third kappa shape index (κ3) is 4.15. The Bertz CT molecular complexity index is 2020. The molecule has 0 bridgehead atoms. The first-order valence-electron chi connectivity index (χ1n) is 17.8. The predicted molar refractivity (Wildman–Crippen MR) is 204 cm³/mol. The molecule has 2 aliphatic heterocycles. The van der Waals surface area contributed by atoms with E-state index in [0.717, 1.165) is 12.8 Å². The highest BCUT2D eigenvalue weighted by Gasteiger charge is 2.48. The van der Waals surface area contributed by atoms with Gasteiger partial charge in [-0.3, -0.25) is 0 Å². The molecule has 1 fully saturated rings. The lowest BCUT2D eigenvalue weighted by Gasteiger charge is -2.44. The van der Waals surface area contributed by atoms with Crippen molar-refractivity contribution >= 4 is 32.9 Å². The second-order valence-corrected chi connectivity index (χ2v) is 15.6. The van der Waals surface area contributed by atoms with Crippen LogP contribution < -0.4 is 9.80 Å². The van der Waals surface area contributed by atoms with Gasteiger partial charge in [0.2, 0.25) is 0 Å². The molecule has 2 N–H and O–H groups in total. The van der Waals surface area contributed by atoms with Gasteiger partial charge in [0.15, 0.2) is 0 Å². The predicted octanol–water partition coefficient (Wildman–Crippen LogP) is 9.11. The molecule has 0 spiro atoms. The molecule has 0 unspecified atom stereocenters. The van der Waals surface area contributed by atoms with Crippen molar-refractivity contribution in [3.63, 3.8) is 0 Å². The Balaban J connectivity index is 1.22. The summed E-state index contributed by atoms with van der Waals surface area (Å²) in [6, 6.07) is 0. The number of anilines is 2. The number of aryl methyl sites for hydroxylation is 6. The number of rotatable bonds is 2. The third-order valence-corrected chi connectivity index (χ3v) is 13.7. The van der Waals surface area contributed by atoms with E-state index in [4.69, 9.17) is 0 Å². The highest BCUT2D eigenvalue weighted by Crippen LogP contribution is 2.50. The van der Waals surface area contributed by atoms with E-state index in [-0.39, 0.29) is 11.8 Å². The molecule has 4 nitrogen and oxygen atoms in total. The lowest BCUT2D eigenvalue weighted by Crippen LogP contribution is -2.54. The highest BCUT2D eigenvalue weighted by molar-refractivity contribution is 6.03. The molecular formula is C44H54N2O2. The van der Waals surface area contributed by atoms with E-state index in [1.165, 1.54) is 122 Å². The molecule has 1 saturated carbocycles. The molecule has 2 heterocycles. The number of nitrogens with zero attached hydrogens (tertiary/aromatic N) is 2. The van der Waals surface area contributed by atoms with Crippen LogP contribution in [0.3, 0.4) is 0 Å². The number of fused-ring (bicyclic) bond motifs is 6. The van der Waals surface area contributed by atoms with Crippen molar-refractivity contribution in [1.29, 1.82) is 0 Å². The second kappa shape index (κ2) is 11.0. The van der Waals surface area contributed by atoms with Crippen LogP contribution in [0.2, 0.25) is 0 Å². The van der Waals surface area contributed by atoms with Gasteiger partial charge < -0.3 is 20.0 Å². The Morgan fingerprint density at radius 1 is 0.417 bits per heavy atom. The molecule has 1 aliphatic carbocycles. The fraction of sp³-hybridized carbons (Fsp3) is 0.455. The van der Waals surface area contributed by atoms with E-state index >= 15 is 0 Å². The molecule has 0 atom stereocenters. The summed E-state index contributed by atoms with van der Waals surface area (Å²) >= 11 is 0. The number of hydrogen-bond donors (Lipinski definition) is 2. The first-order chi connectivity index (χ1) is 22.5. The summed E-state index contributed by atoms with van der Waals surface area (Å²) in [5.41, 5.74) is 24.1. The van der Waals surface area contributed by atoms with E-state index in [2.05, 4.69) is 119 Å². The summed E-state index contributed by atoms with van der Waals surface area (Å²) in [5.74, 6) is -0.597. The molecule has 0 aromatic heterocycles. The Kier molecular flexibility index (Phi) is 7.51. The minimum atomic E-state index is -0.629. The molecule has 48 heavy (non-hydrogen) atoms. The average Bonchev–Trinajstić information content (AvgIpc) is 3.56. The standard InChI is InChI=1S/C44H54N2O2/c1-19-21(3)25(7)39-33-15-31(45(13)41(33)29(11)27(9)37(39)23(19)5)17-35-43(47)36(44(35)48)18-32-16-34-40-26(8)22(4)20(2)24(6)38(40)28(10)30(12)42(34)46(32)14/h17-18,35-36,43-44,47-48H,15-16H2,1-14H3. The van der Waals surface area contributed by atoms with Crippen LogP contribution in [0, 0.1) is 94.9 Å². The first kappa shape index (κ1) is 32.9. The first-order valence-corrected chi connectivity index (χ1v) is 17.8. The van der Waals surface area contributed by atoms with E-state index in [0.29, 0.717) is 0 Å². The molecule has 4 aromatic carbocycles. The lowest BCUT2D eigenvalue weighted by atomic mass is 9.68. The van der Waals surface area contributed by atoms with Crippen molar-refractivity contribution in [2.45, 2.75) is 108 Å². The Labute approximate surface area is 287 Å². The molecule has 3 aliphatic rings. The molecular weight excluding hydrogens is 588 g/mol. The van der Waals surface area contributed by atoms with Crippen molar-refractivity contribution in [3.8, 4) is 0 Å². The van der Waals surface area contributed by atoms with Gasteiger partial charge in [-0.25, -0.2) is 0 Å². The number of aliphatic hydroxyl groups excluding tert-OH is 2. The molecule has 0 radical (unpaired) electrons. The van der Waals surface area contributed by atoms with E-state index in [1.54, 1.807) is 0 Å². The quantitative estimate of drug-likeness (QED) is 0.229. The van der Waals surface area contributed by atoms with Crippen molar-refractivity contribution in [1.82, 2.24) is 0 Å². The molecule has 7 rings (SSSR count). The fourth-order valence-corrected chi connectivity index (χ4v) is 9.83. The summed E-state index contributed by atoms with van der Waals surface area (Å²) in [5, 5.41) is 28.8. The van der Waals surface area contributed by atoms with Crippen LogP contribution >= 0.6 is 0 Å². The van der Waals surface area contributed by atoms with Crippen LogP contribution in [0.1, 0.15) is 77.9 Å². The van der Waals surface area contributed by atoms with Gasteiger partial charge in [0.25, 0.3) is 0 Å². The van der Waals surface area contributed by atoms with Crippen molar-refractivity contribution < 1.29 is 10.2 Å². The molecule has 4 aromatic rings. The Morgan fingerprint density at radius 3 is 1.00 bits per heavy atom. The highest BCUT2D eigenvalue weighted by atomic mass is 16.3. The van der Waals surface area contributed by atoms with E-state index in [9.17, 15) is 10.2 Å². The Hall–Kier alpha value is -3.60. The maximum atomic E-state index is 11.6. The van der Waals surface area contributed by atoms with Crippen LogP contribution in [0.15, 0.2) is 23.5 Å². The maximum Gasteiger partial charge on any atom is 0.0716 e. The fourth-order valence-electron chi connectivity index (χ4n) is 9.83. The second-order valence-electron chi connectivity index (χ2n) is 15.6. The van der Waals surface area contributed by atoms with Gasteiger partial charge in [0, 0.05) is 61.5 Å². The topological polar surface area (TPSA) is 46.9 Å². The summed E-state index contributed by atoms with van der Waals surface area (Å²) < 4.78 is 0. The van der Waals surface area contributed by atoms with Gasteiger partial charge in [0.05, 0.1) is 12.2 Å². The summed E-state index contributed by atoms with van der Waals surface area (Å²) in [6.07, 6.45) is 4.70. The van der Waals surface area contributed by atoms with Crippen molar-refractivity contribution in [2.75, 3.05) is 23.9 Å². The largest absolute Gasteiger partial charge is 0.392 e. The Morgan fingerprint density at radius 2 is 0.688 bits per heavy atom. The van der Waals surface area contributed by atoms with Crippen LogP contribution in [-0.4, -0.2) is 36.5 Å². The number of aliphatic hydroxyl groups is 2. The van der Waals surface area contributed by atoms with Gasteiger partial charge in [0.1, 0.15) is 0 Å². The van der Waals surface area contributed by atoms with Crippen LogP contribution in [0.4, 0.5) is 11.4 Å². The monoisotopic (exact) mass is 642 g/mol. The third-order valence-electron chi connectivity index (χ3n) is 13.7. The van der Waals surface area contributed by atoms with Crippen LogP contribution in [0.5, 0.6) is 0 Å². The minimum Gasteiger partial charge on any atom is -0.392 e. The molecule has 0 saturated heterocycles. The minimum absolute atomic E-state index is 0.299. The van der Waals surface area contributed by atoms with Crippen molar-refractivity contribution in [2.24, 2.45) is 11.8 Å².